The number of nitrogens with one attached hydrogen (secondary N) is 1. The maximum absolute atomic E-state index is 12.2. The minimum absolute atomic E-state index is 0.118. The Bertz CT molecular complexity index is 650. The highest BCUT2D eigenvalue weighted by Gasteiger charge is 2.14. The van der Waals surface area contributed by atoms with Crippen LogP contribution in [0, 0.1) is 6.92 Å². The smallest absolute Gasteiger partial charge is 0.254 e. The topological polar surface area (TPSA) is 56.1 Å². The SMILES string of the molecule is Cc1c(C(=O)NCCCOC(C)C)cnn1-c1ccc(Cl)cc1. The van der Waals surface area contributed by atoms with Gasteiger partial charge in [-0.05, 0) is 51.5 Å². The van der Waals surface area contributed by atoms with Gasteiger partial charge in [-0.15, -0.1) is 0 Å². The predicted molar refractivity (Wildman–Crippen MR) is 91.3 cm³/mol. The average Bonchev–Trinajstić information content (AvgIpc) is 2.89. The number of carbonyl (C=O) groups excluding carboxylic acids is 1. The van der Waals surface area contributed by atoms with E-state index in [4.69, 9.17) is 16.3 Å². The molecular formula is C17H22ClN3O2. The van der Waals surface area contributed by atoms with E-state index in [9.17, 15) is 4.79 Å². The fourth-order valence-corrected chi connectivity index (χ4v) is 2.29. The van der Waals surface area contributed by atoms with Crippen molar-refractivity contribution in [2.24, 2.45) is 0 Å². The molecule has 0 aliphatic carbocycles. The molecule has 0 aliphatic heterocycles. The van der Waals surface area contributed by atoms with Crippen LogP contribution in [-0.2, 0) is 4.74 Å². The van der Waals surface area contributed by atoms with Crippen LogP contribution in [0.25, 0.3) is 5.69 Å². The van der Waals surface area contributed by atoms with Crippen molar-refractivity contribution in [3.63, 3.8) is 0 Å². The highest BCUT2D eigenvalue weighted by Crippen LogP contribution is 2.16. The molecule has 0 atom stereocenters. The first-order chi connectivity index (χ1) is 11.0. The monoisotopic (exact) mass is 335 g/mol. The number of aromatic nitrogens is 2. The van der Waals surface area contributed by atoms with Crippen molar-refractivity contribution in [1.29, 1.82) is 0 Å². The first kappa shape index (κ1) is 17.5. The fraction of sp³-hybridized carbons (Fsp3) is 0.412. The molecule has 2 aromatic rings. The van der Waals surface area contributed by atoms with Gasteiger partial charge in [0.1, 0.15) is 0 Å². The summed E-state index contributed by atoms with van der Waals surface area (Å²) in [7, 11) is 0. The highest BCUT2D eigenvalue weighted by molar-refractivity contribution is 6.30. The summed E-state index contributed by atoms with van der Waals surface area (Å²) < 4.78 is 7.18. The van der Waals surface area contributed by atoms with Gasteiger partial charge in [0.2, 0.25) is 0 Å². The molecular weight excluding hydrogens is 314 g/mol. The minimum Gasteiger partial charge on any atom is -0.379 e. The second-order valence-electron chi connectivity index (χ2n) is 5.56. The number of carbonyl (C=O) groups is 1. The minimum atomic E-state index is -0.118. The molecule has 0 radical (unpaired) electrons. The van der Waals surface area contributed by atoms with Gasteiger partial charge < -0.3 is 10.1 Å². The average molecular weight is 336 g/mol. The molecule has 0 saturated heterocycles. The van der Waals surface area contributed by atoms with E-state index in [1.807, 2.05) is 32.9 Å². The van der Waals surface area contributed by atoms with Gasteiger partial charge in [0, 0.05) is 18.2 Å². The Kier molecular flexibility index (Phi) is 6.19. The van der Waals surface area contributed by atoms with E-state index in [1.165, 1.54) is 0 Å². The second kappa shape index (κ2) is 8.13. The van der Waals surface area contributed by atoms with Crippen LogP contribution < -0.4 is 5.32 Å². The van der Waals surface area contributed by atoms with Gasteiger partial charge in [-0.1, -0.05) is 11.6 Å². The fourth-order valence-electron chi connectivity index (χ4n) is 2.16. The third kappa shape index (κ3) is 4.81. The Hall–Kier alpha value is -1.85. The summed E-state index contributed by atoms with van der Waals surface area (Å²) in [5, 5.41) is 7.85. The van der Waals surface area contributed by atoms with Crippen LogP contribution in [0.4, 0.5) is 0 Å². The van der Waals surface area contributed by atoms with Gasteiger partial charge in [-0.2, -0.15) is 5.10 Å². The van der Waals surface area contributed by atoms with Crippen molar-refractivity contribution in [1.82, 2.24) is 15.1 Å². The molecule has 23 heavy (non-hydrogen) atoms. The van der Waals surface area contributed by atoms with Gasteiger partial charge >= 0.3 is 0 Å². The largest absolute Gasteiger partial charge is 0.379 e. The number of nitrogens with zero attached hydrogens (tertiary/aromatic N) is 2. The van der Waals surface area contributed by atoms with Gasteiger partial charge in [-0.25, -0.2) is 4.68 Å². The van der Waals surface area contributed by atoms with Crippen molar-refractivity contribution < 1.29 is 9.53 Å². The number of benzene rings is 1. The van der Waals surface area contributed by atoms with E-state index in [2.05, 4.69) is 10.4 Å². The Morgan fingerprint density at radius 3 is 2.70 bits per heavy atom. The standard InChI is InChI=1S/C17H22ClN3O2/c1-12(2)23-10-4-9-19-17(22)16-11-20-21(13(16)3)15-7-5-14(18)6-8-15/h5-8,11-12H,4,9-10H2,1-3H3,(H,19,22). The van der Waals surface area contributed by atoms with Crippen LogP contribution in [-0.4, -0.2) is 34.9 Å². The van der Waals surface area contributed by atoms with Crippen molar-refractivity contribution in [3.05, 3.63) is 46.7 Å². The van der Waals surface area contributed by atoms with Crippen molar-refractivity contribution in [2.45, 2.75) is 33.3 Å². The third-order valence-electron chi connectivity index (χ3n) is 3.38. The van der Waals surface area contributed by atoms with Crippen LogP contribution in [0.2, 0.25) is 5.02 Å². The van der Waals surface area contributed by atoms with Crippen LogP contribution in [0.3, 0.4) is 0 Å². The summed E-state index contributed by atoms with van der Waals surface area (Å²) in [5.41, 5.74) is 2.24. The molecule has 1 N–H and O–H groups in total. The summed E-state index contributed by atoms with van der Waals surface area (Å²) in [6.07, 6.45) is 2.59. The first-order valence-electron chi connectivity index (χ1n) is 7.69. The molecule has 0 spiro atoms. The molecule has 0 fully saturated rings. The van der Waals surface area contributed by atoms with Crippen LogP contribution in [0.5, 0.6) is 0 Å². The van der Waals surface area contributed by atoms with Crippen LogP contribution >= 0.6 is 11.6 Å². The van der Waals surface area contributed by atoms with E-state index in [1.54, 1.807) is 23.0 Å². The Morgan fingerprint density at radius 1 is 1.35 bits per heavy atom. The molecule has 1 amide bonds. The van der Waals surface area contributed by atoms with Gasteiger partial charge in [0.15, 0.2) is 0 Å². The van der Waals surface area contributed by atoms with Gasteiger partial charge in [0.05, 0.1) is 29.2 Å². The highest BCUT2D eigenvalue weighted by atomic mass is 35.5. The van der Waals surface area contributed by atoms with Gasteiger partial charge in [0.25, 0.3) is 5.91 Å². The molecule has 5 nitrogen and oxygen atoms in total. The molecule has 0 bridgehead atoms. The molecule has 0 aliphatic rings. The summed E-state index contributed by atoms with van der Waals surface area (Å²) >= 11 is 5.89. The number of hydrogen-bond acceptors (Lipinski definition) is 3. The summed E-state index contributed by atoms with van der Waals surface area (Å²) in [4.78, 5) is 12.2. The van der Waals surface area contributed by atoms with Crippen LogP contribution in [0.1, 0.15) is 36.3 Å². The summed E-state index contributed by atoms with van der Waals surface area (Å²) in [6.45, 7) is 7.08. The maximum Gasteiger partial charge on any atom is 0.254 e. The lowest BCUT2D eigenvalue weighted by molar-refractivity contribution is 0.0757. The molecule has 6 heteroatoms. The van der Waals surface area contributed by atoms with Crippen molar-refractivity contribution in [3.8, 4) is 5.69 Å². The van der Waals surface area contributed by atoms with E-state index < -0.39 is 0 Å². The number of ether oxygens (including phenoxy) is 1. The maximum atomic E-state index is 12.2. The zero-order valence-electron chi connectivity index (χ0n) is 13.7. The quantitative estimate of drug-likeness (QED) is 0.789. The van der Waals surface area contributed by atoms with E-state index in [0.717, 1.165) is 17.8 Å². The zero-order chi connectivity index (χ0) is 16.8. The second-order valence-corrected chi connectivity index (χ2v) is 6.00. The Labute approximate surface area is 141 Å². The number of rotatable bonds is 7. The number of hydrogen-bond donors (Lipinski definition) is 1. The molecule has 0 unspecified atom stereocenters. The molecule has 1 aromatic heterocycles. The lowest BCUT2D eigenvalue weighted by Crippen LogP contribution is -2.26. The van der Waals surface area contributed by atoms with Gasteiger partial charge in [-0.3, -0.25) is 4.79 Å². The molecule has 0 saturated carbocycles. The lowest BCUT2D eigenvalue weighted by Gasteiger charge is -2.08. The van der Waals surface area contributed by atoms with Crippen molar-refractivity contribution in [2.75, 3.05) is 13.2 Å². The summed E-state index contributed by atoms with van der Waals surface area (Å²) in [6, 6.07) is 7.33. The van der Waals surface area contributed by atoms with E-state index in [0.29, 0.717) is 23.7 Å². The predicted octanol–water partition coefficient (Wildman–Crippen LogP) is 3.38. The van der Waals surface area contributed by atoms with Crippen molar-refractivity contribution >= 4 is 17.5 Å². The normalized spacial score (nSPS) is 11.0. The molecule has 1 aromatic carbocycles. The summed E-state index contributed by atoms with van der Waals surface area (Å²) in [5.74, 6) is -0.118. The number of amides is 1. The zero-order valence-corrected chi connectivity index (χ0v) is 14.4. The third-order valence-corrected chi connectivity index (χ3v) is 3.64. The van der Waals surface area contributed by atoms with E-state index >= 15 is 0 Å². The first-order valence-corrected chi connectivity index (χ1v) is 8.07. The van der Waals surface area contributed by atoms with E-state index in [-0.39, 0.29) is 12.0 Å². The van der Waals surface area contributed by atoms with Crippen LogP contribution in [0.15, 0.2) is 30.5 Å². The molecule has 1 heterocycles. The Balaban J connectivity index is 1.96. The number of halogens is 1. The molecule has 2 rings (SSSR count). The lowest BCUT2D eigenvalue weighted by atomic mass is 10.2. The molecule has 124 valence electrons. The Morgan fingerprint density at radius 2 is 2.04 bits per heavy atom.